The molecule has 0 aliphatic carbocycles. The van der Waals surface area contributed by atoms with E-state index >= 15 is 0 Å². The molecule has 0 bridgehead atoms. The summed E-state index contributed by atoms with van der Waals surface area (Å²) in [6.07, 6.45) is -1.93. The van der Waals surface area contributed by atoms with Crippen molar-refractivity contribution in [2.75, 3.05) is 13.1 Å². The Labute approximate surface area is 139 Å². The van der Waals surface area contributed by atoms with Crippen LogP contribution in [0.2, 0.25) is 0 Å². The van der Waals surface area contributed by atoms with Crippen LogP contribution in [0.4, 0.5) is 4.79 Å². The third-order valence-corrected chi connectivity index (χ3v) is 3.58. The number of hydrogen-bond acceptors (Lipinski definition) is 5. The molecule has 0 spiro atoms. The van der Waals surface area contributed by atoms with Crippen molar-refractivity contribution in [3.63, 3.8) is 0 Å². The molecule has 22 heavy (non-hydrogen) atoms. The molecule has 2 aliphatic heterocycles. The minimum atomic E-state index is -2.99. The minimum absolute atomic E-state index is 0.294. The highest BCUT2D eigenvalue weighted by Gasteiger charge is 2.54. The van der Waals surface area contributed by atoms with Crippen LogP contribution >= 0.6 is 0 Å². The second-order valence-electron chi connectivity index (χ2n) is 7.20. The van der Waals surface area contributed by atoms with Crippen molar-refractivity contribution in [3.8, 4) is 0 Å². The summed E-state index contributed by atoms with van der Waals surface area (Å²) in [7, 11) is -1.28. The van der Waals surface area contributed by atoms with Crippen molar-refractivity contribution in [1.29, 1.82) is 0 Å². The lowest BCUT2D eigenvalue weighted by molar-refractivity contribution is 0.00578. The molecule has 2 heterocycles. The van der Waals surface area contributed by atoms with E-state index in [1.54, 1.807) is 48.5 Å². The third kappa shape index (κ3) is 3.58. The Morgan fingerprint density at radius 3 is 2.41 bits per heavy atom. The molecule has 0 unspecified atom stereocenters. The molecule has 2 rings (SSSR count). The number of amides is 1. The maximum absolute atomic E-state index is 12.5. The first-order valence-electron chi connectivity index (χ1n) is 9.61. The van der Waals surface area contributed by atoms with Gasteiger partial charge in [0.1, 0.15) is 17.8 Å². The Hall–Kier alpha value is -1.21. The van der Waals surface area contributed by atoms with Crippen LogP contribution in [0, 0.1) is 0 Å². The molecule has 7 heteroatoms. The predicted octanol–water partition coefficient (Wildman–Crippen LogP) is 2.73. The van der Waals surface area contributed by atoms with E-state index in [2.05, 4.69) is 0 Å². The number of carbonyl (C=O) groups is 1. The van der Waals surface area contributed by atoms with Gasteiger partial charge in [-0.05, 0) is 48.5 Å². The van der Waals surface area contributed by atoms with Crippen molar-refractivity contribution in [1.82, 2.24) is 4.90 Å². The van der Waals surface area contributed by atoms with Crippen molar-refractivity contribution in [2.24, 2.45) is 0 Å². The molecule has 0 saturated carbocycles. The standard InChI is InChI=1S/C15H26BNO5/c1-13(2,3)20-12(18)17-8-9-19-11(10-17)16-21-14(4,5)15(6,7)22-16/h10H,8-9H2,1-7H3/i8D2,9D2,10D. The van der Waals surface area contributed by atoms with Gasteiger partial charge in [0.15, 0.2) is 0 Å². The summed E-state index contributed by atoms with van der Waals surface area (Å²) in [4.78, 5) is 12.8. The summed E-state index contributed by atoms with van der Waals surface area (Å²) in [5.41, 5.74) is -2.99. The molecule has 0 aromatic rings. The fourth-order valence-corrected chi connectivity index (χ4v) is 1.73. The van der Waals surface area contributed by atoms with E-state index in [4.69, 9.17) is 25.6 Å². The molecule has 2 aliphatic rings. The van der Waals surface area contributed by atoms with Gasteiger partial charge in [0.05, 0.1) is 24.6 Å². The largest absolute Gasteiger partial charge is 0.533 e. The smallest absolute Gasteiger partial charge is 0.498 e. The lowest BCUT2D eigenvalue weighted by Gasteiger charge is -2.32. The van der Waals surface area contributed by atoms with Gasteiger partial charge in [-0.15, -0.1) is 0 Å². The highest BCUT2D eigenvalue weighted by atomic mass is 16.7. The Morgan fingerprint density at radius 1 is 1.36 bits per heavy atom. The summed E-state index contributed by atoms with van der Waals surface area (Å²) in [6.45, 7) is 5.85. The summed E-state index contributed by atoms with van der Waals surface area (Å²) in [6, 6.07) is 0. The van der Waals surface area contributed by atoms with Gasteiger partial charge in [-0.2, -0.15) is 0 Å². The Morgan fingerprint density at radius 2 is 1.91 bits per heavy atom. The quantitative estimate of drug-likeness (QED) is 0.696. The van der Waals surface area contributed by atoms with Gasteiger partial charge in [0.2, 0.25) is 0 Å². The molecule has 1 amide bonds. The Balaban J connectivity index is 2.51. The van der Waals surface area contributed by atoms with E-state index in [9.17, 15) is 4.79 Å². The molecule has 0 radical (unpaired) electrons. The van der Waals surface area contributed by atoms with Gasteiger partial charge >= 0.3 is 13.2 Å². The van der Waals surface area contributed by atoms with Crippen molar-refractivity contribution in [2.45, 2.75) is 65.3 Å². The number of ether oxygens (including phenoxy) is 2. The number of nitrogens with zero attached hydrogens (tertiary/aromatic N) is 1. The molecule has 1 saturated heterocycles. The molecule has 0 N–H and O–H groups in total. The lowest BCUT2D eigenvalue weighted by Crippen LogP contribution is -2.41. The maximum atomic E-state index is 12.5. The molecule has 6 nitrogen and oxygen atoms in total. The number of hydrogen-bond donors (Lipinski definition) is 0. The monoisotopic (exact) mass is 316 g/mol. The lowest BCUT2D eigenvalue weighted by atomic mass is 9.86. The molecule has 1 fully saturated rings. The van der Waals surface area contributed by atoms with Crippen LogP contribution in [0.5, 0.6) is 0 Å². The third-order valence-electron chi connectivity index (χ3n) is 3.58. The van der Waals surface area contributed by atoms with Crippen molar-refractivity contribution < 1.29 is 30.4 Å². The Kier molecular flexibility index (Phi) is 2.82. The van der Waals surface area contributed by atoms with E-state index in [0.717, 1.165) is 0 Å². The zero-order chi connectivity index (χ0) is 21.2. The van der Waals surface area contributed by atoms with Crippen LogP contribution in [0.3, 0.4) is 0 Å². The topological polar surface area (TPSA) is 57.2 Å². The second-order valence-corrected chi connectivity index (χ2v) is 7.20. The predicted molar refractivity (Wildman–Crippen MR) is 83.1 cm³/mol. The first-order valence-corrected chi connectivity index (χ1v) is 7.11. The highest BCUT2D eigenvalue weighted by Crippen LogP contribution is 2.39. The van der Waals surface area contributed by atoms with Crippen molar-refractivity contribution >= 4 is 13.2 Å². The van der Waals surface area contributed by atoms with E-state index in [1.165, 1.54) is 0 Å². The molecule has 0 aromatic heterocycles. The Bertz CT molecular complexity index is 658. The zero-order valence-corrected chi connectivity index (χ0v) is 14.1. The van der Waals surface area contributed by atoms with Crippen LogP contribution in [0.1, 0.15) is 55.3 Å². The van der Waals surface area contributed by atoms with E-state index in [-0.39, 0.29) is 0 Å². The first-order chi connectivity index (χ1) is 11.8. The van der Waals surface area contributed by atoms with E-state index in [0.29, 0.717) is 4.90 Å². The van der Waals surface area contributed by atoms with Crippen LogP contribution in [-0.2, 0) is 18.8 Å². The zero-order valence-electron chi connectivity index (χ0n) is 19.1. The average molecular weight is 316 g/mol. The highest BCUT2D eigenvalue weighted by molar-refractivity contribution is 6.53. The number of carbonyl (C=O) groups excluding carboxylic acids is 1. The minimum Gasteiger partial charge on any atom is -0.498 e. The maximum Gasteiger partial charge on any atom is 0.533 e. The van der Waals surface area contributed by atoms with Crippen molar-refractivity contribution in [3.05, 3.63) is 11.8 Å². The summed E-state index contributed by atoms with van der Waals surface area (Å²) in [5, 5.41) is 0. The molecule has 124 valence electrons. The summed E-state index contributed by atoms with van der Waals surface area (Å²) in [5.74, 6) is 0. The second kappa shape index (κ2) is 5.46. The van der Waals surface area contributed by atoms with Gasteiger partial charge in [0, 0.05) is 6.18 Å². The van der Waals surface area contributed by atoms with E-state index < -0.39 is 54.9 Å². The fourth-order valence-electron chi connectivity index (χ4n) is 1.73. The fraction of sp³-hybridized carbons (Fsp3) is 0.800. The SMILES string of the molecule is [2H]C1=C(B2OC(C)(C)C(C)(C)O2)OC([2H])([2H])C([2H])([2H])N1C(=O)OC(C)(C)C. The molecule has 0 aromatic carbocycles. The van der Waals surface area contributed by atoms with Gasteiger partial charge in [-0.25, -0.2) is 4.79 Å². The van der Waals surface area contributed by atoms with Gasteiger partial charge in [-0.1, -0.05) is 0 Å². The molecule has 0 atom stereocenters. The normalized spacial score (nSPS) is 32.2. The van der Waals surface area contributed by atoms with Crippen LogP contribution < -0.4 is 0 Å². The number of rotatable bonds is 1. The summed E-state index contributed by atoms with van der Waals surface area (Å²) < 4.78 is 62.1. The van der Waals surface area contributed by atoms with Crippen LogP contribution in [0.15, 0.2) is 11.8 Å². The summed E-state index contributed by atoms with van der Waals surface area (Å²) >= 11 is 0. The first kappa shape index (κ1) is 11.3. The van der Waals surface area contributed by atoms with Crippen LogP contribution in [-0.4, -0.2) is 48.0 Å². The van der Waals surface area contributed by atoms with Crippen LogP contribution in [0.25, 0.3) is 0 Å². The molecular formula is C15H26BNO5. The van der Waals surface area contributed by atoms with E-state index in [1.807, 2.05) is 0 Å². The average Bonchev–Trinajstić information content (AvgIpc) is 2.60. The van der Waals surface area contributed by atoms with Gasteiger partial charge in [0.25, 0.3) is 0 Å². The molecular weight excluding hydrogens is 285 g/mol. The van der Waals surface area contributed by atoms with Gasteiger partial charge in [-0.3, -0.25) is 4.90 Å². The van der Waals surface area contributed by atoms with Gasteiger partial charge < -0.3 is 18.8 Å².